The molecule has 7 heteroatoms. The summed E-state index contributed by atoms with van der Waals surface area (Å²) in [5.41, 5.74) is 2.24. The maximum Gasteiger partial charge on any atom is 0.255 e. The second-order valence-corrected chi connectivity index (χ2v) is 6.82. The molecule has 2 amide bonds. The predicted molar refractivity (Wildman–Crippen MR) is 98.6 cm³/mol. The molecule has 146 valence electrons. The number of aliphatic hydroxyl groups excluding tert-OH is 2. The Morgan fingerprint density at radius 1 is 1.30 bits per heavy atom. The van der Waals surface area contributed by atoms with Crippen LogP contribution in [0.5, 0.6) is 0 Å². The van der Waals surface area contributed by atoms with Gasteiger partial charge in [0.05, 0.1) is 19.2 Å². The summed E-state index contributed by atoms with van der Waals surface area (Å²) in [6.07, 6.45) is 0.369. The number of ether oxygens (including phenoxy) is 1. The smallest absolute Gasteiger partial charge is 0.255 e. The average molecular weight is 374 g/mol. The van der Waals surface area contributed by atoms with Gasteiger partial charge >= 0.3 is 0 Å². The van der Waals surface area contributed by atoms with Crippen molar-refractivity contribution in [2.24, 2.45) is 0 Å². The lowest BCUT2D eigenvalue weighted by Crippen LogP contribution is -2.53. The summed E-state index contributed by atoms with van der Waals surface area (Å²) in [6.45, 7) is 3.12. The lowest BCUT2D eigenvalue weighted by Gasteiger charge is -2.38. The van der Waals surface area contributed by atoms with E-state index in [0.717, 1.165) is 12.0 Å². The number of hydrogen-bond donors (Lipinski definition) is 3. The van der Waals surface area contributed by atoms with Crippen molar-refractivity contribution in [3.63, 3.8) is 0 Å². The highest BCUT2D eigenvalue weighted by Gasteiger charge is 2.37. The van der Waals surface area contributed by atoms with E-state index < -0.39 is 24.0 Å². The van der Waals surface area contributed by atoms with Crippen LogP contribution in [0.3, 0.4) is 0 Å². The number of benzene rings is 1. The zero-order valence-electron chi connectivity index (χ0n) is 15.4. The fourth-order valence-corrected chi connectivity index (χ4v) is 3.67. The summed E-state index contributed by atoms with van der Waals surface area (Å²) < 4.78 is 5.28. The summed E-state index contributed by atoms with van der Waals surface area (Å²) in [5.74, 6) is -0.803. The minimum Gasteiger partial charge on any atom is -0.496 e. The molecule has 7 nitrogen and oxygen atoms in total. The third-order valence-electron chi connectivity index (χ3n) is 5.12. The molecular formula is C20H26N2O5. The molecule has 0 spiro atoms. The van der Waals surface area contributed by atoms with Crippen LogP contribution < -0.4 is 5.32 Å². The zero-order chi connectivity index (χ0) is 19.4. The Morgan fingerprint density at radius 3 is 2.78 bits per heavy atom. The van der Waals surface area contributed by atoms with Gasteiger partial charge < -0.3 is 25.2 Å². The number of carbonyl (C=O) groups excluding carboxylic acids is 2. The molecule has 2 aliphatic heterocycles. The van der Waals surface area contributed by atoms with Crippen LogP contribution in [0.1, 0.15) is 36.9 Å². The van der Waals surface area contributed by atoms with Crippen molar-refractivity contribution in [1.29, 1.82) is 0 Å². The van der Waals surface area contributed by atoms with Crippen LogP contribution in [0, 0.1) is 0 Å². The van der Waals surface area contributed by atoms with E-state index in [0.29, 0.717) is 31.8 Å². The number of amides is 2. The highest BCUT2D eigenvalue weighted by molar-refractivity contribution is 5.91. The third-order valence-corrected chi connectivity index (χ3v) is 5.12. The molecule has 0 bridgehead atoms. The van der Waals surface area contributed by atoms with Crippen LogP contribution in [0.25, 0.3) is 0 Å². The standard InChI is InChI=1S/C20H26N2O5/c1-2-16-15-8-4-3-6-13(15)9-10-22(16)20(26)18(24)17(23)19(25)21-12-14-7-5-11-27-14/h3-4,6-8,16-18,23-24H,2,5,9-12H2,1H3,(H,21,25)/t16?,17-,18-/m1/s1. The van der Waals surface area contributed by atoms with Gasteiger partial charge in [-0.3, -0.25) is 9.59 Å². The first-order valence-electron chi connectivity index (χ1n) is 9.37. The van der Waals surface area contributed by atoms with Gasteiger partial charge in [-0.15, -0.1) is 0 Å². The minimum absolute atomic E-state index is 0.130. The average Bonchev–Trinajstić information content (AvgIpc) is 3.23. The van der Waals surface area contributed by atoms with Crippen LogP contribution in [0.4, 0.5) is 0 Å². The number of fused-ring (bicyclic) bond motifs is 1. The highest BCUT2D eigenvalue weighted by atomic mass is 16.5. The van der Waals surface area contributed by atoms with Gasteiger partial charge in [-0.2, -0.15) is 0 Å². The van der Waals surface area contributed by atoms with Gasteiger partial charge in [0.2, 0.25) is 0 Å². The molecular weight excluding hydrogens is 348 g/mol. The normalized spacial score (nSPS) is 20.9. The maximum absolute atomic E-state index is 12.8. The predicted octanol–water partition coefficient (Wildman–Crippen LogP) is 0.665. The number of nitrogens with one attached hydrogen (secondary N) is 1. The molecule has 1 aromatic rings. The van der Waals surface area contributed by atoms with Crippen molar-refractivity contribution in [2.75, 3.05) is 19.7 Å². The van der Waals surface area contributed by atoms with Gasteiger partial charge in [-0.1, -0.05) is 31.2 Å². The van der Waals surface area contributed by atoms with Gasteiger partial charge in [0.1, 0.15) is 5.76 Å². The SMILES string of the molecule is CCC1c2ccccc2CCN1C(=O)[C@H](O)[C@@H](O)C(=O)NCC1=CCCO1. The van der Waals surface area contributed by atoms with Crippen LogP contribution >= 0.6 is 0 Å². The molecule has 0 fully saturated rings. The lowest BCUT2D eigenvalue weighted by atomic mass is 9.90. The minimum atomic E-state index is -1.82. The Balaban J connectivity index is 1.64. The molecule has 0 aliphatic carbocycles. The van der Waals surface area contributed by atoms with E-state index in [1.54, 1.807) is 4.90 Å². The first-order valence-corrected chi connectivity index (χ1v) is 9.37. The van der Waals surface area contributed by atoms with E-state index >= 15 is 0 Å². The van der Waals surface area contributed by atoms with Crippen LogP contribution in [0.2, 0.25) is 0 Å². The molecule has 2 aliphatic rings. The van der Waals surface area contributed by atoms with E-state index in [9.17, 15) is 19.8 Å². The number of aliphatic hydroxyl groups is 2. The van der Waals surface area contributed by atoms with Crippen LogP contribution in [-0.2, 0) is 20.7 Å². The summed E-state index contributed by atoms with van der Waals surface area (Å²) in [6, 6.07) is 7.74. The van der Waals surface area contributed by atoms with Crippen molar-refractivity contribution < 1.29 is 24.5 Å². The monoisotopic (exact) mass is 374 g/mol. The Kier molecular flexibility index (Phi) is 6.13. The van der Waals surface area contributed by atoms with Gasteiger partial charge in [0.25, 0.3) is 11.8 Å². The largest absolute Gasteiger partial charge is 0.496 e. The molecule has 2 heterocycles. The molecule has 0 saturated carbocycles. The fourth-order valence-electron chi connectivity index (χ4n) is 3.67. The molecule has 3 N–H and O–H groups in total. The summed E-state index contributed by atoms with van der Waals surface area (Å²) in [5, 5.41) is 23.0. The molecule has 27 heavy (non-hydrogen) atoms. The number of nitrogens with zero attached hydrogens (tertiary/aromatic N) is 1. The Morgan fingerprint density at radius 2 is 2.07 bits per heavy atom. The summed E-state index contributed by atoms with van der Waals surface area (Å²) >= 11 is 0. The van der Waals surface area contributed by atoms with Crippen molar-refractivity contribution in [3.8, 4) is 0 Å². The van der Waals surface area contributed by atoms with E-state index in [1.165, 1.54) is 5.56 Å². The topological polar surface area (TPSA) is 99.1 Å². The molecule has 3 rings (SSSR count). The summed E-state index contributed by atoms with van der Waals surface area (Å²) in [4.78, 5) is 26.4. The van der Waals surface area contributed by atoms with Crippen molar-refractivity contribution in [1.82, 2.24) is 10.2 Å². The van der Waals surface area contributed by atoms with E-state index in [2.05, 4.69) is 5.32 Å². The first kappa shape index (κ1) is 19.4. The summed E-state index contributed by atoms with van der Waals surface area (Å²) in [7, 11) is 0. The first-order chi connectivity index (χ1) is 13.0. The Hall–Kier alpha value is -2.38. The van der Waals surface area contributed by atoms with Crippen LogP contribution in [-0.4, -0.2) is 58.8 Å². The molecule has 1 aromatic carbocycles. The van der Waals surface area contributed by atoms with E-state index in [1.807, 2.05) is 37.3 Å². The van der Waals surface area contributed by atoms with Gasteiger partial charge in [0.15, 0.2) is 12.2 Å². The molecule has 3 atom stereocenters. The van der Waals surface area contributed by atoms with E-state index in [4.69, 9.17) is 4.74 Å². The second-order valence-electron chi connectivity index (χ2n) is 6.82. The Labute approximate surface area is 158 Å². The zero-order valence-corrected chi connectivity index (χ0v) is 15.4. The molecule has 0 radical (unpaired) electrons. The lowest BCUT2D eigenvalue weighted by molar-refractivity contribution is -0.155. The highest BCUT2D eigenvalue weighted by Crippen LogP contribution is 2.32. The van der Waals surface area contributed by atoms with E-state index in [-0.39, 0.29) is 12.6 Å². The number of rotatable bonds is 6. The van der Waals surface area contributed by atoms with Crippen molar-refractivity contribution >= 4 is 11.8 Å². The second kappa shape index (κ2) is 8.54. The maximum atomic E-state index is 12.8. The third kappa shape index (κ3) is 4.14. The van der Waals surface area contributed by atoms with Crippen molar-refractivity contribution in [2.45, 2.75) is 44.4 Å². The Bertz CT molecular complexity index is 733. The fraction of sp³-hybridized carbons (Fsp3) is 0.500. The van der Waals surface area contributed by atoms with Gasteiger partial charge in [-0.25, -0.2) is 0 Å². The van der Waals surface area contributed by atoms with Crippen LogP contribution in [0.15, 0.2) is 36.1 Å². The quantitative estimate of drug-likeness (QED) is 0.680. The molecule has 0 aromatic heterocycles. The number of carbonyl (C=O) groups is 2. The van der Waals surface area contributed by atoms with Crippen molar-refractivity contribution in [3.05, 3.63) is 47.2 Å². The van der Waals surface area contributed by atoms with Gasteiger partial charge in [-0.05, 0) is 30.0 Å². The molecule has 1 unspecified atom stereocenters. The van der Waals surface area contributed by atoms with Gasteiger partial charge in [0, 0.05) is 13.0 Å². The number of hydrogen-bond acceptors (Lipinski definition) is 5. The molecule has 0 saturated heterocycles.